The predicted octanol–water partition coefficient (Wildman–Crippen LogP) is 2.90. The molecule has 0 radical (unpaired) electrons. The predicted molar refractivity (Wildman–Crippen MR) is 78.1 cm³/mol. The van der Waals surface area contributed by atoms with Gasteiger partial charge in [-0.15, -0.1) is 24.8 Å². The second-order valence-electron chi connectivity index (χ2n) is 4.71. The summed E-state index contributed by atoms with van der Waals surface area (Å²) in [5, 5.41) is 0. The van der Waals surface area contributed by atoms with Crippen LogP contribution in [0, 0.1) is 12.7 Å². The third kappa shape index (κ3) is 4.73. The summed E-state index contributed by atoms with van der Waals surface area (Å²) >= 11 is 0. The molecule has 0 aromatic heterocycles. The Kier molecular flexibility index (Phi) is 7.79. The number of hydrogen-bond donors (Lipinski definition) is 1. The van der Waals surface area contributed by atoms with E-state index in [-0.39, 0.29) is 30.6 Å². The van der Waals surface area contributed by atoms with Crippen LogP contribution in [0.3, 0.4) is 0 Å². The third-order valence-electron chi connectivity index (χ3n) is 3.23. The maximum absolute atomic E-state index is 13.6. The van der Waals surface area contributed by atoms with Gasteiger partial charge in [0, 0.05) is 18.2 Å². The molecule has 0 spiro atoms. The smallest absolute Gasteiger partial charge is 0.127 e. The lowest BCUT2D eigenvalue weighted by atomic mass is 10.0. The van der Waals surface area contributed by atoms with Gasteiger partial charge in [-0.25, -0.2) is 4.39 Å². The molecular weight excluding hydrogens is 274 g/mol. The van der Waals surface area contributed by atoms with E-state index in [1.165, 1.54) is 0 Å². The molecule has 1 heterocycles. The number of nitrogens with two attached hydrogens (primary N) is 1. The van der Waals surface area contributed by atoms with Crippen LogP contribution in [0.1, 0.15) is 24.0 Å². The van der Waals surface area contributed by atoms with Crippen molar-refractivity contribution in [3.63, 3.8) is 0 Å². The van der Waals surface area contributed by atoms with Crippen molar-refractivity contribution in [2.24, 2.45) is 5.73 Å². The lowest BCUT2D eigenvalue weighted by Gasteiger charge is -2.30. The fourth-order valence-electron chi connectivity index (χ4n) is 2.13. The largest absolute Gasteiger partial charge is 0.328 e. The zero-order valence-electron chi connectivity index (χ0n) is 10.6. The van der Waals surface area contributed by atoms with E-state index < -0.39 is 0 Å². The molecule has 1 fully saturated rings. The van der Waals surface area contributed by atoms with Crippen molar-refractivity contribution in [3.05, 3.63) is 35.1 Å². The molecule has 5 heteroatoms. The highest BCUT2D eigenvalue weighted by Gasteiger charge is 2.16. The molecule has 1 saturated heterocycles. The average molecular weight is 295 g/mol. The van der Waals surface area contributed by atoms with Crippen molar-refractivity contribution in [2.75, 3.05) is 13.1 Å². The Morgan fingerprint density at radius 1 is 1.28 bits per heavy atom. The molecule has 104 valence electrons. The summed E-state index contributed by atoms with van der Waals surface area (Å²) in [6.45, 7) is 4.58. The number of hydrogen-bond acceptors (Lipinski definition) is 2. The Morgan fingerprint density at radius 3 is 2.44 bits per heavy atom. The minimum atomic E-state index is -0.0881. The van der Waals surface area contributed by atoms with Crippen molar-refractivity contribution in [1.82, 2.24) is 4.90 Å². The van der Waals surface area contributed by atoms with E-state index in [4.69, 9.17) is 5.73 Å². The second kappa shape index (κ2) is 7.95. The van der Waals surface area contributed by atoms with Crippen LogP contribution in [0.5, 0.6) is 0 Å². The van der Waals surface area contributed by atoms with Gasteiger partial charge in [-0.05, 0) is 44.5 Å². The molecule has 2 nitrogen and oxygen atoms in total. The quantitative estimate of drug-likeness (QED) is 0.909. The summed E-state index contributed by atoms with van der Waals surface area (Å²) in [7, 11) is 0. The van der Waals surface area contributed by atoms with E-state index in [0.717, 1.165) is 37.1 Å². The van der Waals surface area contributed by atoms with Gasteiger partial charge in [0.25, 0.3) is 0 Å². The minimum Gasteiger partial charge on any atom is -0.328 e. The minimum absolute atomic E-state index is 0. The molecule has 0 unspecified atom stereocenters. The van der Waals surface area contributed by atoms with Gasteiger partial charge < -0.3 is 5.73 Å². The molecule has 0 bridgehead atoms. The molecule has 1 aromatic carbocycles. The first-order valence-electron chi connectivity index (χ1n) is 5.88. The highest BCUT2D eigenvalue weighted by atomic mass is 35.5. The highest BCUT2D eigenvalue weighted by Crippen LogP contribution is 2.15. The monoisotopic (exact) mass is 294 g/mol. The Balaban J connectivity index is 0.00000144. The number of likely N-dealkylation sites (tertiary alicyclic amines) is 1. The third-order valence-corrected chi connectivity index (χ3v) is 3.23. The fraction of sp³-hybridized carbons (Fsp3) is 0.538. The Labute approximate surface area is 121 Å². The van der Waals surface area contributed by atoms with Gasteiger partial charge in [0.05, 0.1) is 0 Å². The second-order valence-corrected chi connectivity index (χ2v) is 4.71. The zero-order valence-corrected chi connectivity index (χ0v) is 12.2. The van der Waals surface area contributed by atoms with Gasteiger partial charge in [-0.1, -0.05) is 12.1 Å². The number of nitrogens with zero attached hydrogens (tertiary/aromatic N) is 1. The normalized spacial score (nSPS) is 16.8. The van der Waals surface area contributed by atoms with Crippen LogP contribution in [0.15, 0.2) is 18.2 Å². The molecule has 2 rings (SSSR count). The van der Waals surface area contributed by atoms with Gasteiger partial charge in [-0.2, -0.15) is 0 Å². The highest BCUT2D eigenvalue weighted by molar-refractivity contribution is 5.85. The molecular formula is C13H21Cl2FN2. The van der Waals surface area contributed by atoms with E-state index in [9.17, 15) is 4.39 Å². The number of benzene rings is 1. The molecule has 0 saturated carbocycles. The fourth-order valence-corrected chi connectivity index (χ4v) is 2.13. The van der Waals surface area contributed by atoms with Crippen molar-refractivity contribution in [3.8, 4) is 0 Å². The lowest BCUT2D eigenvalue weighted by molar-refractivity contribution is 0.203. The van der Waals surface area contributed by atoms with Crippen molar-refractivity contribution in [1.29, 1.82) is 0 Å². The van der Waals surface area contributed by atoms with Crippen LogP contribution < -0.4 is 5.73 Å². The number of rotatable bonds is 2. The molecule has 2 N–H and O–H groups in total. The van der Waals surface area contributed by atoms with Crippen molar-refractivity contribution >= 4 is 24.8 Å². The van der Waals surface area contributed by atoms with Crippen LogP contribution in [0.4, 0.5) is 4.39 Å². The maximum Gasteiger partial charge on any atom is 0.127 e. The molecule has 1 aromatic rings. The van der Waals surface area contributed by atoms with Crippen LogP contribution in [-0.4, -0.2) is 24.0 Å². The summed E-state index contributed by atoms with van der Waals surface area (Å²) in [4.78, 5) is 2.27. The lowest BCUT2D eigenvalue weighted by Crippen LogP contribution is -2.39. The van der Waals surface area contributed by atoms with Gasteiger partial charge >= 0.3 is 0 Å². The first kappa shape index (κ1) is 17.6. The van der Waals surface area contributed by atoms with Gasteiger partial charge in [0.2, 0.25) is 0 Å². The molecule has 1 aliphatic rings. The molecule has 0 amide bonds. The summed E-state index contributed by atoms with van der Waals surface area (Å²) in [5.74, 6) is -0.0881. The van der Waals surface area contributed by atoms with E-state index in [2.05, 4.69) is 4.90 Å². The van der Waals surface area contributed by atoms with E-state index in [1.807, 2.05) is 19.1 Å². The van der Waals surface area contributed by atoms with E-state index in [0.29, 0.717) is 12.6 Å². The zero-order chi connectivity index (χ0) is 11.5. The molecule has 1 aliphatic heterocycles. The van der Waals surface area contributed by atoms with Crippen LogP contribution in [0.2, 0.25) is 0 Å². The summed E-state index contributed by atoms with van der Waals surface area (Å²) in [6, 6.07) is 5.79. The summed E-state index contributed by atoms with van der Waals surface area (Å²) < 4.78 is 13.6. The Hall–Kier alpha value is -0.350. The van der Waals surface area contributed by atoms with Gasteiger partial charge in [0.15, 0.2) is 0 Å². The maximum atomic E-state index is 13.6. The van der Waals surface area contributed by atoms with Gasteiger partial charge in [0.1, 0.15) is 5.82 Å². The first-order valence-corrected chi connectivity index (χ1v) is 5.88. The number of halogens is 3. The Bertz CT molecular complexity index is 366. The van der Waals surface area contributed by atoms with Crippen LogP contribution in [0.25, 0.3) is 0 Å². The van der Waals surface area contributed by atoms with E-state index >= 15 is 0 Å². The number of aryl methyl sites for hydroxylation is 1. The van der Waals surface area contributed by atoms with Crippen molar-refractivity contribution < 1.29 is 4.39 Å². The Morgan fingerprint density at radius 2 is 1.89 bits per heavy atom. The SMILES string of the molecule is Cc1ccc(CN2CCC(N)CC2)c(F)c1.Cl.Cl. The standard InChI is InChI=1S/C13H19FN2.2ClH/c1-10-2-3-11(13(14)8-10)9-16-6-4-12(15)5-7-16;;/h2-3,8,12H,4-7,9,15H2,1H3;2*1H. The number of piperidine rings is 1. The van der Waals surface area contributed by atoms with Crippen LogP contribution >= 0.6 is 24.8 Å². The van der Waals surface area contributed by atoms with E-state index in [1.54, 1.807) is 6.07 Å². The summed E-state index contributed by atoms with van der Waals surface area (Å²) in [6.07, 6.45) is 2.04. The van der Waals surface area contributed by atoms with Crippen molar-refractivity contribution in [2.45, 2.75) is 32.4 Å². The van der Waals surface area contributed by atoms with Crippen LogP contribution in [-0.2, 0) is 6.54 Å². The average Bonchev–Trinajstić information content (AvgIpc) is 2.25. The van der Waals surface area contributed by atoms with Gasteiger partial charge in [-0.3, -0.25) is 4.90 Å². The molecule has 0 atom stereocenters. The topological polar surface area (TPSA) is 29.3 Å². The molecule has 18 heavy (non-hydrogen) atoms. The first-order chi connectivity index (χ1) is 7.65. The molecule has 0 aliphatic carbocycles. The summed E-state index contributed by atoms with van der Waals surface area (Å²) in [5.41, 5.74) is 7.61.